The third-order valence-corrected chi connectivity index (χ3v) is 2.33. The molecule has 0 aliphatic rings. The average molecular weight is 231 g/mol. The number of nitrogens with two attached hydrogens (primary N) is 1. The standard InChI is InChI=1S/C12H13N3O2/c1-8-3-2-4-9(7-8)12-14-11(17-15-12)6-5-10(13)16/h2-4,7H,5-6H2,1H3,(H2,13,16). The van der Waals surface area contributed by atoms with Crippen molar-refractivity contribution in [3.05, 3.63) is 35.7 Å². The quantitative estimate of drug-likeness (QED) is 0.863. The molecule has 0 atom stereocenters. The maximum Gasteiger partial charge on any atom is 0.227 e. The van der Waals surface area contributed by atoms with E-state index >= 15 is 0 Å². The third kappa shape index (κ3) is 2.90. The first kappa shape index (κ1) is 11.3. The van der Waals surface area contributed by atoms with Crippen LogP contribution in [0.25, 0.3) is 11.4 Å². The van der Waals surface area contributed by atoms with Gasteiger partial charge < -0.3 is 10.3 Å². The Morgan fingerprint density at radius 2 is 2.29 bits per heavy atom. The predicted molar refractivity (Wildman–Crippen MR) is 62.0 cm³/mol. The van der Waals surface area contributed by atoms with Gasteiger partial charge in [-0.15, -0.1) is 0 Å². The Hall–Kier alpha value is -2.17. The molecule has 5 nitrogen and oxygen atoms in total. The van der Waals surface area contributed by atoms with Crippen LogP contribution in [0.1, 0.15) is 17.9 Å². The topological polar surface area (TPSA) is 82.0 Å². The molecule has 17 heavy (non-hydrogen) atoms. The molecule has 0 unspecified atom stereocenters. The van der Waals surface area contributed by atoms with Crippen LogP contribution in [0, 0.1) is 6.92 Å². The van der Waals surface area contributed by atoms with E-state index in [1.54, 1.807) is 0 Å². The third-order valence-electron chi connectivity index (χ3n) is 2.33. The van der Waals surface area contributed by atoms with Gasteiger partial charge in [-0.05, 0) is 13.0 Å². The lowest BCUT2D eigenvalue weighted by atomic mass is 10.1. The Morgan fingerprint density at radius 1 is 1.47 bits per heavy atom. The number of rotatable bonds is 4. The summed E-state index contributed by atoms with van der Waals surface area (Å²) in [7, 11) is 0. The molecule has 2 N–H and O–H groups in total. The molecule has 0 aliphatic heterocycles. The molecule has 1 amide bonds. The molecule has 0 fully saturated rings. The molecule has 88 valence electrons. The second-order valence-corrected chi connectivity index (χ2v) is 3.85. The molecule has 5 heteroatoms. The summed E-state index contributed by atoms with van der Waals surface area (Å²) in [6.07, 6.45) is 0.601. The molecule has 0 saturated heterocycles. The summed E-state index contributed by atoms with van der Waals surface area (Å²) in [6, 6.07) is 7.82. The number of nitrogens with zero attached hydrogens (tertiary/aromatic N) is 2. The second kappa shape index (κ2) is 4.78. The van der Waals surface area contributed by atoms with Crippen LogP contribution in [-0.4, -0.2) is 16.0 Å². The molecule has 1 heterocycles. The zero-order chi connectivity index (χ0) is 12.3. The van der Waals surface area contributed by atoms with Crippen LogP contribution in [0.3, 0.4) is 0 Å². The van der Waals surface area contributed by atoms with Gasteiger partial charge in [-0.2, -0.15) is 4.98 Å². The molecule has 0 radical (unpaired) electrons. The highest BCUT2D eigenvalue weighted by Gasteiger charge is 2.09. The Morgan fingerprint density at radius 3 is 3.00 bits per heavy atom. The van der Waals surface area contributed by atoms with Crippen molar-refractivity contribution >= 4 is 5.91 Å². The van der Waals surface area contributed by atoms with Crippen LogP contribution in [0.2, 0.25) is 0 Å². The van der Waals surface area contributed by atoms with Gasteiger partial charge in [0.1, 0.15) is 0 Å². The van der Waals surface area contributed by atoms with E-state index in [0.717, 1.165) is 11.1 Å². The van der Waals surface area contributed by atoms with E-state index in [1.807, 2.05) is 31.2 Å². The molecule has 1 aromatic heterocycles. The van der Waals surface area contributed by atoms with E-state index in [-0.39, 0.29) is 12.3 Å². The summed E-state index contributed by atoms with van der Waals surface area (Å²) in [4.78, 5) is 14.8. The molecular weight excluding hydrogens is 218 g/mol. The Labute approximate surface area is 98.6 Å². The zero-order valence-corrected chi connectivity index (χ0v) is 9.51. The summed E-state index contributed by atoms with van der Waals surface area (Å²) in [6.45, 7) is 2.00. The van der Waals surface area contributed by atoms with Gasteiger partial charge in [0, 0.05) is 18.4 Å². The lowest BCUT2D eigenvalue weighted by molar-refractivity contribution is -0.118. The molecule has 0 bridgehead atoms. The van der Waals surface area contributed by atoms with E-state index in [0.29, 0.717) is 18.1 Å². The summed E-state index contributed by atoms with van der Waals surface area (Å²) in [5.74, 6) is 0.591. The monoisotopic (exact) mass is 231 g/mol. The maximum absolute atomic E-state index is 10.6. The van der Waals surface area contributed by atoms with Crippen molar-refractivity contribution in [2.75, 3.05) is 0 Å². The molecular formula is C12H13N3O2. The van der Waals surface area contributed by atoms with Crippen molar-refractivity contribution in [2.24, 2.45) is 5.73 Å². The normalized spacial score (nSPS) is 10.4. The molecule has 2 aromatic rings. The van der Waals surface area contributed by atoms with Crippen LogP contribution in [0.5, 0.6) is 0 Å². The van der Waals surface area contributed by atoms with Crippen LogP contribution >= 0.6 is 0 Å². The number of carbonyl (C=O) groups excluding carboxylic acids is 1. The largest absolute Gasteiger partial charge is 0.370 e. The summed E-state index contributed by atoms with van der Waals surface area (Å²) >= 11 is 0. The van der Waals surface area contributed by atoms with Gasteiger partial charge in [-0.1, -0.05) is 28.9 Å². The van der Waals surface area contributed by atoms with Crippen molar-refractivity contribution in [3.8, 4) is 11.4 Å². The van der Waals surface area contributed by atoms with E-state index in [4.69, 9.17) is 10.3 Å². The SMILES string of the molecule is Cc1cccc(-c2noc(CCC(N)=O)n2)c1. The lowest BCUT2D eigenvalue weighted by Crippen LogP contribution is -2.11. The van der Waals surface area contributed by atoms with Crippen LogP contribution in [0.15, 0.2) is 28.8 Å². The minimum Gasteiger partial charge on any atom is -0.370 e. The second-order valence-electron chi connectivity index (χ2n) is 3.85. The molecule has 2 rings (SSSR count). The number of hydrogen-bond acceptors (Lipinski definition) is 4. The number of aromatic nitrogens is 2. The highest BCUT2D eigenvalue weighted by atomic mass is 16.5. The maximum atomic E-state index is 10.6. The van der Waals surface area contributed by atoms with Gasteiger partial charge in [-0.3, -0.25) is 4.79 Å². The van der Waals surface area contributed by atoms with Gasteiger partial charge in [-0.25, -0.2) is 0 Å². The fourth-order valence-electron chi connectivity index (χ4n) is 1.49. The summed E-state index contributed by atoms with van der Waals surface area (Å²) < 4.78 is 5.04. The highest BCUT2D eigenvalue weighted by molar-refractivity contribution is 5.73. The van der Waals surface area contributed by atoms with Crippen molar-refractivity contribution < 1.29 is 9.32 Å². The van der Waals surface area contributed by atoms with Gasteiger partial charge >= 0.3 is 0 Å². The van der Waals surface area contributed by atoms with Crippen molar-refractivity contribution in [3.63, 3.8) is 0 Å². The van der Waals surface area contributed by atoms with Crippen LogP contribution in [0.4, 0.5) is 0 Å². The first-order valence-electron chi connectivity index (χ1n) is 5.33. The Bertz CT molecular complexity index is 534. The van der Waals surface area contributed by atoms with E-state index in [9.17, 15) is 4.79 Å². The number of hydrogen-bond donors (Lipinski definition) is 1. The lowest BCUT2D eigenvalue weighted by Gasteiger charge is -1.95. The van der Waals surface area contributed by atoms with Gasteiger partial charge in [0.15, 0.2) is 0 Å². The number of carbonyl (C=O) groups is 1. The highest BCUT2D eigenvalue weighted by Crippen LogP contribution is 2.17. The predicted octanol–water partition coefficient (Wildman–Crippen LogP) is 1.46. The minimum absolute atomic E-state index is 0.218. The Balaban J connectivity index is 2.15. The first-order chi connectivity index (χ1) is 8.15. The van der Waals surface area contributed by atoms with Crippen LogP contribution < -0.4 is 5.73 Å². The number of benzene rings is 1. The smallest absolute Gasteiger partial charge is 0.227 e. The summed E-state index contributed by atoms with van der Waals surface area (Å²) in [5, 5.41) is 3.87. The first-order valence-corrected chi connectivity index (χ1v) is 5.33. The fraction of sp³-hybridized carbons (Fsp3) is 0.250. The fourth-order valence-corrected chi connectivity index (χ4v) is 1.49. The summed E-state index contributed by atoms with van der Waals surface area (Å²) in [5.41, 5.74) is 7.08. The number of amides is 1. The van der Waals surface area contributed by atoms with E-state index in [2.05, 4.69) is 10.1 Å². The van der Waals surface area contributed by atoms with Gasteiger partial charge in [0.05, 0.1) is 0 Å². The molecule has 0 spiro atoms. The molecule has 0 aliphatic carbocycles. The molecule has 0 saturated carbocycles. The van der Waals surface area contributed by atoms with Crippen molar-refractivity contribution in [2.45, 2.75) is 19.8 Å². The van der Waals surface area contributed by atoms with Gasteiger partial charge in [0.25, 0.3) is 0 Å². The average Bonchev–Trinajstić information content (AvgIpc) is 2.75. The Kier molecular flexibility index (Phi) is 3.18. The number of primary amides is 1. The van der Waals surface area contributed by atoms with E-state index < -0.39 is 0 Å². The molecule has 1 aromatic carbocycles. The van der Waals surface area contributed by atoms with E-state index in [1.165, 1.54) is 0 Å². The zero-order valence-electron chi connectivity index (χ0n) is 9.51. The van der Waals surface area contributed by atoms with Crippen LogP contribution in [-0.2, 0) is 11.2 Å². The number of aryl methyl sites for hydroxylation is 2. The van der Waals surface area contributed by atoms with Crippen molar-refractivity contribution in [1.82, 2.24) is 10.1 Å². The van der Waals surface area contributed by atoms with Gasteiger partial charge in [0.2, 0.25) is 17.6 Å². The van der Waals surface area contributed by atoms with Crippen molar-refractivity contribution in [1.29, 1.82) is 0 Å². The minimum atomic E-state index is -0.375.